The predicted molar refractivity (Wildman–Crippen MR) is 162 cm³/mol. The number of fused-ring (bicyclic) bond motifs is 4. The fourth-order valence-corrected chi connectivity index (χ4v) is 5.58. The maximum atomic E-state index is 15.3. The molecule has 0 fully saturated rings. The Morgan fingerprint density at radius 1 is 1.02 bits per heavy atom. The first-order chi connectivity index (χ1) is 21.4. The van der Waals surface area contributed by atoms with Crippen molar-refractivity contribution in [3.63, 3.8) is 0 Å². The van der Waals surface area contributed by atoms with Gasteiger partial charge in [-0.15, -0.1) is 5.10 Å². The molecule has 0 radical (unpaired) electrons. The number of nitrogens with one attached hydrogen (secondary N) is 1. The highest BCUT2D eigenvalue weighted by Gasteiger charge is 2.23. The number of rotatable bonds is 5. The lowest BCUT2D eigenvalue weighted by Crippen LogP contribution is -2.14. The molecule has 1 unspecified atom stereocenters. The van der Waals surface area contributed by atoms with E-state index in [4.69, 9.17) is 21.3 Å². The van der Waals surface area contributed by atoms with Gasteiger partial charge >= 0.3 is 5.97 Å². The fraction of sp³-hybridized carbons (Fsp3) is 0.219. The summed E-state index contributed by atoms with van der Waals surface area (Å²) in [6, 6.07) is 16.2. The number of anilines is 1. The van der Waals surface area contributed by atoms with Crippen LogP contribution in [-0.2, 0) is 20.7 Å². The van der Waals surface area contributed by atoms with Crippen LogP contribution in [0.2, 0.25) is 5.02 Å². The molecule has 6 rings (SSSR count). The van der Waals surface area contributed by atoms with E-state index < -0.39 is 11.8 Å². The van der Waals surface area contributed by atoms with E-state index in [0.29, 0.717) is 45.9 Å². The largest absolute Gasteiger partial charge is 0.469 e. The summed E-state index contributed by atoms with van der Waals surface area (Å²) in [6.45, 7) is 0. The molecule has 0 aliphatic carbocycles. The molecule has 2 bridgehead atoms. The molecule has 222 valence electrons. The maximum absolute atomic E-state index is 15.3. The summed E-state index contributed by atoms with van der Waals surface area (Å²) in [5, 5.41) is 15.0. The lowest BCUT2D eigenvalue weighted by molar-refractivity contribution is -0.139. The maximum Gasteiger partial charge on any atom is 0.309 e. The molecular weight excluding hydrogens is 585 g/mol. The van der Waals surface area contributed by atoms with Gasteiger partial charge in [-0.1, -0.05) is 36.2 Å². The van der Waals surface area contributed by atoms with Crippen LogP contribution in [0.15, 0.2) is 73.3 Å². The minimum Gasteiger partial charge on any atom is -0.469 e. The Kier molecular flexibility index (Phi) is 8.38. The van der Waals surface area contributed by atoms with Crippen LogP contribution in [0, 0.1) is 5.82 Å². The highest BCUT2D eigenvalue weighted by molar-refractivity contribution is 6.31. The first-order valence-electron chi connectivity index (χ1n) is 14.0. The third-order valence-electron chi connectivity index (χ3n) is 7.61. The number of esters is 1. The third-order valence-corrected chi connectivity index (χ3v) is 7.85. The average Bonchev–Trinajstić information content (AvgIpc) is 3.56. The van der Waals surface area contributed by atoms with Crippen molar-refractivity contribution in [2.75, 3.05) is 12.4 Å². The van der Waals surface area contributed by atoms with Crippen LogP contribution < -0.4 is 5.32 Å². The highest BCUT2D eigenvalue weighted by atomic mass is 35.5. The number of hydrogen-bond donors (Lipinski definition) is 1. The summed E-state index contributed by atoms with van der Waals surface area (Å²) in [5.74, 6) is -1.37. The monoisotopic (exact) mass is 611 g/mol. The molecule has 1 aliphatic heterocycles. The van der Waals surface area contributed by atoms with Gasteiger partial charge in [-0.25, -0.2) is 4.39 Å². The second-order valence-corrected chi connectivity index (χ2v) is 10.9. The summed E-state index contributed by atoms with van der Waals surface area (Å²) >= 11 is 6.33. The smallest absolute Gasteiger partial charge is 0.309 e. The van der Waals surface area contributed by atoms with Gasteiger partial charge in [0.15, 0.2) is 0 Å². The number of methoxy groups -OCH3 is 1. The van der Waals surface area contributed by atoms with Crippen molar-refractivity contribution >= 4 is 29.2 Å². The Morgan fingerprint density at radius 3 is 2.66 bits per heavy atom. The lowest BCUT2D eigenvalue weighted by atomic mass is 9.90. The third kappa shape index (κ3) is 6.18. The molecule has 10 nitrogen and oxygen atoms in total. The molecule has 4 heterocycles. The summed E-state index contributed by atoms with van der Waals surface area (Å²) in [4.78, 5) is 34.1. The number of halogens is 2. The van der Waals surface area contributed by atoms with Crippen molar-refractivity contribution in [2.24, 2.45) is 0 Å². The predicted octanol–water partition coefficient (Wildman–Crippen LogP) is 5.94. The van der Waals surface area contributed by atoms with Crippen LogP contribution in [0.1, 0.15) is 48.6 Å². The SMILES string of the molecule is COC(=O)Cc1ccc2c(c1)NC(=O)CCCCC(c1ccc(-c3cc(Cl)ccc3-n3cnnn3)cn1)c1cc-2c(F)cn1. The minimum absolute atomic E-state index is 0.0276. The van der Waals surface area contributed by atoms with Gasteiger partial charge in [0.1, 0.15) is 12.1 Å². The van der Waals surface area contributed by atoms with Crippen molar-refractivity contribution in [1.82, 2.24) is 30.2 Å². The van der Waals surface area contributed by atoms with E-state index in [1.807, 2.05) is 24.3 Å². The van der Waals surface area contributed by atoms with Gasteiger partial charge in [0, 0.05) is 57.2 Å². The number of amides is 1. The quantitative estimate of drug-likeness (QED) is 0.242. The Bertz CT molecular complexity index is 1830. The Morgan fingerprint density at radius 2 is 1.89 bits per heavy atom. The average molecular weight is 612 g/mol. The van der Waals surface area contributed by atoms with Gasteiger partial charge in [0.2, 0.25) is 5.91 Å². The second-order valence-electron chi connectivity index (χ2n) is 10.5. The van der Waals surface area contributed by atoms with Gasteiger partial charge in [0.25, 0.3) is 0 Å². The van der Waals surface area contributed by atoms with Crippen molar-refractivity contribution in [3.05, 3.63) is 101 Å². The molecule has 5 aromatic rings. The van der Waals surface area contributed by atoms with Crippen LogP contribution in [0.5, 0.6) is 0 Å². The first-order valence-corrected chi connectivity index (χ1v) is 14.4. The van der Waals surface area contributed by atoms with Gasteiger partial charge < -0.3 is 10.1 Å². The minimum atomic E-state index is -0.528. The number of hydrogen-bond acceptors (Lipinski definition) is 8. The number of aromatic nitrogens is 6. The van der Waals surface area contributed by atoms with Gasteiger partial charge in [-0.05, 0) is 65.2 Å². The number of carbonyl (C=O) groups excluding carboxylic acids is 2. The van der Waals surface area contributed by atoms with E-state index in [1.165, 1.54) is 19.6 Å². The molecule has 1 atom stereocenters. The number of carbonyl (C=O) groups is 2. The molecule has 1 N–H and O–H groups in total. The Labute approximate surface area is 257 Å². The zero-order valence-corrected chi connectivity index (χ0v) is 24.5. The normalized spacial score (nSPS) is 15.0. The number of nitrogens with zero attached hydrogens (tertiary/aromatic N) is 6. The van der Waals surface area contributed by atoms with Gasteiger partial charge in [0.05, 0.1) is 31.1 Å². The molecule has 0 spiro atoms. The molecule has 44 heavy (non-hydrogen) atoms. The summed E-state index contributed by atoms with van der Waals surface area (Å²) in [6.07, 6.45) is 6.83. The van der Waals surface area contributed by atoms with Gasteiger partial charge in [-0.3, -0.25) is 19.6 Å². The van der Waals surface area contributed by atoms with E-state index in [0.717, 1.165) is 28.9 Å². The molecule has 1 amide bonds. The van der Waals surface area contributed by atoms with Crippen LogP contribution in [0.3, 0.4) is 0 Å². The van der Waals surface area contributed by atoms with E-state index in [1.54, 1.807) is 41.2 Å². The zero-order valence-electron chi connectivity index (χ0n) is 23.7. The van der Waals surface area contributed by atoms with Crippen LogP contribution in [0.25, 0.3) is 27.9 Å². The van der Waals surface area contributed by atoms with E-state index in [2.05, 4.69) is 25.8 Å². The van der Waals surface area contributed by atoms with E-state index >= 15 is 4.39 Å². The van der Waals surface area contributed by atoms with Crippen molar-refractivity contribution < 1.29 is 18.7 Å². The number of ether oxygens (including phenoxy) is 1. The lowest BCUT2D eigenvalue weighted by Gasteiger charge is -2.20. The summed E-state index contributed by atoms with van der Waals surface area (Å²) < 4.78 is 21.7. The fourth-order valence-electron chi connectivity index (χ4n) is 5.41. The van der Waals surface area contributed by atoms with Crippen molar-refractivity contribution in [3.8, 4) is 27.9 Å². The molecule has 0 saturated heterocycles. The standard InChI is InChI=1S/C32H27ClFN7O3/c1-44-32(43)13-19-6-9-22-25-15-28(36-17-26(25)34)23(4-2-3-5-31(42)38-29(22)12-19)27-10-7-20(16-35-27)24-14-21(33)8-11-30(24)41-18-37-39-40-41/h6-12,14-18,23H,2-5,13H2,1H3,(H,38,42). The molecule has 2 aromatic carbocycles. The van der Waals surface area contributed by atoms with Crippen LogP contribution in [0.4, 0.5) is 10.1 Å². The number of benzene rings is 2. The van der Waals surface area contributed by atoms with E-state index in [-0.39, 0.29) is 24.7 Å². The molecule has 0 saturated carbocycles. The van der Waals surface area contributed by atoms with Crippen LogP contribution in [-0.4, -0.2) is 49.2 Å². The molecule has 12 heteroatoms. The number of pyridine rings is 2. The van der Waals surface area contributed by atoms with Crippen LogP contribution >= 0.6 is 11.6 Å². The Balaban J connectivity index is 1.39. The summed E-state index contributed by atoms with van der Waals surface area (Å²) in [7, 11) is 1.32. The van der Waals surface area contributed by atoms with Crippen molar-refractivity contribution in [1.29, 1.82) is 0 Å². The highest BCUT2D eigenvalue weighted by Crippen LogP contribution is 2.37. The zero-order chi connectivity index (χ0) is 30.6. The summed E-state index contributed by atoms with van der Waals surface area (Å²) in [5.41, 5.74) is 5.64. The van der Waals surface area contributed by atoms with Gasteiger partial charge in [-0.2, -0.15) is 4.68 Å². The molecule has 3 aromatic heterocycles. The number of tetrazole rings is 1. The first kappa shape index (κ1) is 29.1. The Hall–Kier alpha value is -5.03. The van der Waals surface area contributed by atoms with Crippen molar-refractivity contribution in [2.45, 2.75) is 38.0 Å². The topological polar surface area (TPSA) is 125 Å². The molecular formula is C32H27ClFN7O3. The second kappa shape index (κ2) is 12.7. The van der Waals surface area contributed by atoms with E-state index in [9.17, 15) is 9.59 Å². The molecule has 1 aliphatic rings.